The first-order valence-corrected chi connectivity index (χ1v) is 5.29. The van der Waals surface area contributed by atoms with Crippen molar-refractivity contribution < 1.29 is 9.53 Å². The summed E-state index contributed by atoms with van der Waals surface area (Å²) in [7, 11) is 0. The molecule has 0 aliphatic rings. The molecule has 0 N–H and O–H groups in total. The number of esters is 1. The van der Waals surface area contributed by atoms with Crippen molar-refractivity contribution in [2.45, 2.75) is 46.5 Å². The lowest BCUT2D eigenvalue weighted by atomic mass is 10.2. The Morgan fingerprint density at radius 3 is 2.50 bits per heavy atom. The highest BCUT2D eigenvalue weighted by molar-refractivity contribution is 5.69. The fraction of sp³-hybridized carbons (Fsp3) is 0.583. The molecule has 2 heteroatoms. The highest BCUT2D eigenvalue weighted by atomic mass is 16.5. The molecule has 80 valence electrons. The van der Waals surface area contributed by atoms with E-state index >= 15 is 0 Å². The minimum atomic E-state index is -0.150. The average Bonchev–Trinajstić information content (AvgIpc) is 2.19. The summed E-state index contributed by atoms with van der Waals surface area (Å²) < 4.78 is 4.98. The first kappa shape index (κ1) is 12.9. The van der Waals surface area contributed by atoms with Crippen LogP contribution in [-0.2, 0) is 9.53 Å². The van der Waals surface area contributed by atoms with Gasteiger partial charge in [-0.25, -0.2) is 0 Å². The van der Waals surface area contributed by atoms with Gasteiger partial charge in [0.1, 0.15) is 0 Å². The van der Waals surface area contributed by atoms with Gasteiger partial charge < -0.3 is 4.74 Å². The van der Waals surface area contributed by atoms with Gasteiger partial charge in [0.25, 0.3) is 0 Å². The first-order valence-electron chi connectivity index (χ1n) is 5.29. The molecule has 2 nitrogen and oxygen atoms in total. The van der Waals surface area contributed by atoms with Crippen LogP contribution in [0, 0.1) is 0 Å². The van der Waals surface area contributed by atoms with Gasteiger partial charge in [0.05, 0.1) is 6.26 Å². The van der Waals surface area contributed by atoms with Crippen molar-refractivity contribution in [3.63, 3.8) is 0 Å². The normalized spacial score (nSPS) is 12.1. The van der Waals surface area contributed by atoms with Gasteiger partial charge >= 0.3 is 5.97 Å². The Kier molecular flexibility index (Phi) is 7.90. The van der Waals surface area contributed by atoms with Gasteiger partial charge in [-0.05, 0) is 24.8 Å². The number of ether oxygens (including phenoxy) is 1. The molecule has 0 amide bonds. The van der Waals surface area contributed by atoms with E-state index < -0.39 is 0 Å². The maximum Gasteiger partial charge on any atom is 0.310 e. The van der Waals surface area contributed by atoms with Crippen molar-refractivity contribution in [2.75, 3.05) is 0 Å². The predicted octanol–water partition coefficient (Wildman–Crippen LogP) is 3.59. The van der Waals surface area contributed by atoms with E-state index in [1.165, 1.54) is 0 Å². The van der Waals surface area contributed by atoms with Crippen molar-refractivity contribution in [1.29, 1.82) is 0 Å². The summed E-state index contributed by atoms with van der Waals surface area (Å²) in [4.78, 5) is 11.0. The molecule has 0 bridgehead atoms. The van der Waals surface area contributed by atoms with Gasteiger partial charge in [-0.2, -0.15) is 0 Å². The zero-order valence-corrected chi connectivity index (χ0v) is 9.38. The predicted molar refractivity (Wildman–Crippen MR) is 58.8 cm³/mol. The molecule has 0 radical (unpaired) electrons. The Hall–Kier alpha value is -1.05. The number of carbonyl (C=O) groups is 1. The molecule has 0 saturated heterocycles. The fourth-order valence-corrected chi connectivity index (χ4v) is 0.914. The Morgan fingerprint density at radius 2 is 2.00 bits per heavy atom. The molecular formula is C12H20O2. The van der Waals surface area contributed by atoms with Gasteiger partial charge in [0.2, 0.25) is 0 Å². The summed E-state index contributed by atoms with van der Waals surface area (Å²) in [5.74, 6) is -0.150. The highest BCUT2D eigenvalue weighted by Crippen LogP contribution is 2.04. The molecule has 14 heavy (non-hydrogen) atoms. The van der Waals surface area contributed by atoms with Gasteiger partial charge in [0.15, 0.2) is 0 Å². The van der Waals surface area contributed by atoms with E-state index in [4.69, 9.17) is 4.74 Å². The van der Waals surface area contributed by atoms with Crippen LogP contribution in [0.25, 0.3) is 0 Å². The van der Waals surface area contributed by atoms with Crippen molar-refractivity contribution in [2.24, 2.45) is 0 Å². The smallest absolute Gasteiger partial charge is 0.310 e. The summed E-state index contributed by atoms with van der Waals surface area (Å²) in [6, 6.07) is 0. The monoisotopic (exact) mass is 196 g/mol. The highest BCUT2D eigenvalue weighted by Gasteiger charge is 1.98. The maximum absolute atomic E-state index is 11.0. The second-order valence-corrected chi connectivity index (χ2v) is 3.10. The molecule has 0 heterocycles. The summed E-state index contributed by atoms with van der Waals surface area (Å²) >= 11 is 0. The zero-order chi connectivity index (χ0) is 10.8. The second kappa shape index (κ2) is 8.54. The molecule has 0 fully saturated rings. The number of carbonyl (C=O) groups excluding carboxylic acids is 1. The van der Waals surface area contributed by atoms with Crippen LogP contribution in [-0.4, -0.2) is 5.97 Å². The van der Waals surface area contributed by atoms with Gasteiger partial charge in [-0.15, -0.1) is 0 Å². The maximum atomic E-state index is 11.0. The molecule has 0 saturated carbocycles. The Morgan fingerprint density at radius 1 is 1.29 bits per heavy atom. The van der Waals surface area contributed by atoms with Crippen LogP contribution in [0.2, 0.25) is 0 Å². The molecule has 0 aromatic rings. The Bertz CT molecular complexity index is 214. The van der Waals surface area contributed by atoms with Crippen LogP contribution in [0.5, 0.6) is 0 Å². The van der Waals surface area contributed by atoms with Crippen LogP contribution in [0.1, 0.15) is 46.5 Å². The number of rotatable bonds is 6. The van der Waals surface area contributed by atoms with Crippen LogP contribution < -0.4 is 0 Å². The van der Waals surface area contributed by atoms with E-state index in [1.807, 2.05) is 19.9 Å². The number of hydrogen-bond acceptors (Lipinski definition) is 2. The van der Waals surface area contributed by atoms with Crippen molar-refractivity contribution in [3.05, 3.63) is 24.0 Å². The first-order chi connectivity index (χ1) is 6.74. The summed E-state index contributed by atoms with van der Waals surface area (Å²) in [6.45, 7) is 6.08. The van der Waals surface area contributed by atoms with Crippen molar-refractivity contribution in [3.8, 4) is 0 Å². The molecular weight excluding hydrogens is 176 g/mol. The Balaban J connectivity index is 4.04. The van der Waals surface area contributed by atoms with Crippen molar-refractivity contribution in [1.82, 2.24) is 0 Å². The summed E-state index contributed by atoms with van der Waals surface area (Å²) in [5.41, 5.74) is 1.05. The molecule has 0 aliphatic heterocycles. The lowest BCUT2D eigenvalue weighted by molar-refractivity contribution is -0.138. The standard InChI is InChI=1S/C12H20O2/c1-4-7-9-11(6-3)10-14-12(13)8-5-2/h7,9-10H,4-6,8H2,1-3H3/b9-7+,11-10+. The van der Waals surface area contributed by atoms with Crippen LogP contribution >= 0.6 is 0 Å². The van der Waals surface area contributed by atoms with E-state index in [-0.39, 0.29) is 5.97 Å². The fourth-order valence-electron chi connectivity index (χ4n) is 0.914. The SMILES string of the molecule is CC/C=C/C(=C/OC(=O)CCC)CC. The van der Waals surface area contributed by atoms with Crippen LogP contribution in [0.4, 0.5) is 0 Å². The molecule has 0 aromatic carbocycles. The topological polar surface area (TPSA) is 26.3 Å². The largest absolute Gasteiger partial charge is 0.434 e. The van der Waals surface area contributed by atoms with E-state index in [1.54, 1.807) is 6.26 Å². The zero-order valence-electron chi connectivity index (χ0n) is 9.38. The summed E-state index contributed by atoms with van der Waals surface area (Å²) in [6.07, 6.45) is 8.83. The van der Waals surface area contributed by atoms with E-state index in [9.17, 15) is 4.79 Å². The minimum Gasteiger partial charge on any atom is -0.434 e. The van der Waals surface area contributed by atoms with E-state index in [0.29, 0.717) is 6.42 Å². The van der Waals surface area contributed by atoms with Crippen LogP contribution in [0.15, 0.2) is 24.0 Å². The third-order valence-electron chi connectivity index (χ3n) is 1.77. The number of allylic oxidation sites excluding steroid dienone is 3. The molecule has 0 aliphatic carbocycles. The van der Waals surface area contributed by atoms with Crippen LogP contribution in [0.3, 0.4) is 0 Å². The van der Waals surface area contributed by atoms with Gasteiger partial charge in [-0.1, -0.05) is 32.9 Å². The second-order valence-electron chi connectivity index (χ2n) is 3.10. The van der Waals surface area contributed by atoms with Crippen molar-refractivity contribution >= 4 is 5.97 Å². The third kappa shape index (κ3) is 6.46. The third-order valence-corrected chi connectivity index (χ3v) is 1.77. The minimum absolute atomic E-state index is 0.150. The summed E-state index contributed by atoms with van der Waals surface area (Å²) in [5, 5.41) is 0. The Labute approximate surface area is 86.6 Å². The van der Waals surface area contributed by atoms with E-state index in [2.05, 4.69) is 13.0 Å². The lowest BCUT2D eigenvalue weighted by Gasteiger charge is -1.99. The number of hydrogen-bond donors (Lipinski definition) is 0. The van der Waals surface area contributed by atoms with Gasteiger partial charge in [0, 0.05) is 6.42 Å². The van der Waals surface area contributed by atoms with Gasteiger partial charge in [-0.3, -0.25) is 4.79 Å². The van der Waals surface area contributed by atoms with E-state index in [0.717, 1.165) is 24.8 Å². The molecule has 0 aromatic heterocycles. The quantitative estimate of drug-likeness (QED) is 0.368. The molecule has 0 atom stereocenters. The lowest BCUT2D eigenvalue weighted by Crippen LogP contribution is -1.98. The average molecular weight is 196 g/mol. The molecule has 0 spiro atoms. The molecule has 0 unspecified atom stereocenters. The molecule has 0 rings (SSSR count).